The van der Waals surface area contributed by atoms with E-state index in [-0.39, 0.29) is 17.6 Å². The molecule has 0 aliphatic carbocycles. The minimum absolute atomic E-state index is 0.0796. The molecule has 0 rings (SSSR count). The molecule has 1 unspecified atom stereocenters. The summed E-state index contributed by atoms with van der Waals surface area (Å²) in [7, 11) is 0. The van der Waals surface area contributed by atoms with Crippen molar-refractivity contribution in [2.75, 3.05) is 12.4 Å². The molecular weight excluding hydrogens is 282 g/mol. The van der Waals surface area contributed by atoms with Crippen LogP contribution in [0.5, 0.6) is 0 Å². The minimum atomic E-state index is -2.58. The molecule has 0 radical (unpaired) electrons. The summed E-state index contributed by atoms with van der Waals surface area (Å²) in [5.74, 6) is -1.68. The Labute approximate surface area is 126 Å². The number of carbonyl (C=O) groups is 1. The molecule has 0 spiro atoms. The van der Waals surface area contributed by atoms with Crippen molar-refractivity contribution in [3.8, 4) is 0 Å². The lowest BCUT2D eigenvalue weighted by Gasteiger charge is -2.16. The molecule has 0 N–H and O–H groups in total. The van der Waals surface area contributed by atoms with E-state index in [0.717, 1.165) is 25.5 Å². The molecule has 0 amide bonds. The maximum absolute atomic E-state index is 12.7. The standard InChI is InChI=1S/C15H28F2O2S/c1-5-8-13(14(18)19-11-12(2)3)20-10-7-6-9-15(4,16)17/h12-13H,5-11H2,1-4H3. The van der Waals surface area contributed by atoms with Gasteiger partial charge in [-0.3, -0.25) is 4.79 Å². The van der Waals surface area contributed by atoms with Gasteiger partial charge in [-0.15, -0.1) is 11.8 Å². The fourth-order valence-corrected chi connectivity index (χ4v) is 2.90. The van der Waals surface area contributed by atoms with Gasteiger partial charge in [0.1, 0.15) is 5.25 Å². The van der Waals surface area contributed by atoms with Crippen molar-refractivity contribution in [1.82, 2.24) is 0 Å². The number of thioether (sulfide) groups is 1. The smallest absolute Gasteiger partial charge is 0.319 e. The summed E-state index contributed by atoms with van der Waals surface area (Å²) in [6.07, 6.45) is 2.83. The highest BCUT2D eigenvalue weighted by molar-refractivity contribution is 8.00. The summed E-state index contributed by atoms with van der Waals surface area (Å²) in [5, 5.41) is -0.152. The van der Waals surface area contributed by atoms with Crippen molar-refractivity contribution in [2.45, 2.75) is 71.0 Å². The van der Waals surface area contributed by atoms with Crippen molar-refractivity contribution in [1.29, 1.82) is 0 Å². The SMILES string of the molecule is CCCC(SCCCCC(C)(F)F)C(=O)OCC(C)C. The highest BCUT2D eigenvalue weighted by Gasteiger charge is 2.21. The molecule has 0 saturated heterocycles. The van der Waals surface area contributed by atoms with E-state index in [9.17, 15) is 13.6 Å². The van der Waals surface area contributed by atoms with Gasteiger partial charge in [0, 0.05) is 6.42 Å². The molecule has 120 valence electrons. The molecular formula is C15H28F2O2S. The average Bonchev–Trinajstić information content (AvgIpc) is 2.32. The number of unbranched alkanes of at least 4 members (excludes halogenated alkanes) is 1. The molecule has 5 heteroatoms. The number of hydrogen-bond acceptors (Lipinski definition) is 3. The van der Waals surface area contributed by atoms with Crippen molar-refractivity contribution in [2.24, 2.45) is 5.92 Å². The van der Waals surface area contributed by atoms with E-state index in [1.165, 1.54) is 11.8 Å². The second-order valence-corrected chi connectivity index (χ2v) is 7.01. The number of halogens is 2. The number of carbonyl (C=O) groups excluding carboxylic acids is 1. The van der Waals surface area contributed by atoms with Crippen LogP contribution in [-0.4, -0.2) is 29.5 Å². The van der Waals surface area contributed by atoms with E-state index in [4.69, 9.17) is 4.74 Å². The molecule has 0 aromatic carbocycles. The van der Waals surface area contributed by atoms with Gasteiger partial charge in [-0.25, -0.2) is 8.78 Å². The van der Waals surface area contributed by atoms with E-state index >= 15 is 0 Å². The average molecular weight is 310 g/mol. The van der Waals surface area contributed by atoms with Crippen LogP contribution in [0.4, 0.5) is 8.78 Å². The summed E-state index contributed by atoms with van der Waals surface area (Å²) in [5.41, 5.74) is 0. The van der Waals surface area contributed by atoms with Gasteiger partial charge in [0.25, 0.3) is 0 Å². The Balaban J connectivity index is 3.93. The Hall–Kier alpha value is -0.320. The van der Waals surface area contributed by atoms with Gasteiger partial charge in [-0.1, -0.05) is 27.2 Å². The van der Waals surface area contributed by atoms with Gasteiger partial charge < -0.3 is 4.74 Å². The highest BCUT2D eigenvalue weighted by Crippen LogP contribution is 2.23. The normalized spacial score (nSPS) is 13.6. The van der Waals surface area contributed by atoms with Crippen LogP contribution in [-0.2, 0) is 9.53 Å². The Bertz CT molecular complexity index is 265. The van der Waals surface area contributed by atoms with Crippen molar-refractivity contribution >= 4 is 17.7 Å². The van der Waals surface area contributed by atoms with Crippen LogP contribution < -0.4 is 0 Å². The lowest BCUT2D eigenvalue weighted by molar-refractivity contribution is -0.144. The fourth-order valence-electron chi connectivity index (χ4n) is 1.64. The summed E-state index contributed by atoms with van der Waals surface area (Å²) < 4.78 is 30.6. The maximum Gasteiger partial charge on any atom is 0.319 e. The topological polar surface area (TPSA) is 26.3 Å². The predicted octanol–water partition coefficient (Wildman–Crippen LogP) is 4.91. The zero-order valence-corrected chi connectivity index (χ0v) is 13.9. The van der Waals surface area contributed by atoms with Gasteiger partial charge >= 0.3 is 5.97 Å². The molecule has 0 aromatic rings. The molecule has 0 aliphatic heterocycles. The zero-order valence-electron chi connectivity index (χ0n) is 13.1. The lowest BCUT2D eigenvalue weighted by atomic mass is 10.2. The fraction of sp³-hybridized carbons (Fsp3) is 0.933. The number of hydrogen-bond donors (Lipinski definition) is 0. The number of rotatable bonds is 11. The van der Waals surface area contributed by atoms with E-state index in [2.05, 4.69) is 0 Å². The van der Waals surface area contributed by atoms with Crippen LogP contribution in [0.2, 0.25) is 0 Å². The first kappa shape index (κ1) is 19.7. The van der Waals surface area contributed by atoms with Crippen LogP contribution in [0.3, 0.4) is 0 Å². The molecule has 0 bridgehead atoms. The third-order valence-corrected chi connectivity index (χ3v) is 4.06. The molecule has 0 fully saturated rings. The van der Waals surface area contributed by atoms with E-state index in [0.29, 0.717) is 25.4 Å². The molecule has 0 aliphatic rings. The van der Waals surface area contributed by atoms with Crippen molar-refractivity contribution in [3.05, 3.63) is 0 Å². The third-order valence-electron chi connectivity index (χ3n) is 2.70. The van der Waals surface area contributed by atoms with Crippen molar-refractivity contribution in [3.63, 3.8) is 0 Å². The molecule has 20 heavy (non-hydrogen) atoms. The first-order valence-electron chi connectivity index (χ1n) is 7.42. The first-order valence-corrected chi connectivity index (χ1v) is 8.47. The van der Waals surface area contributed by atoms with Crippen LogP contribution in [0.1, 0.15) is 59.8 Å². The Kier molecular flexibility index (Phi) is 10.2. The lowest BCUT2D eigenvalue weighted by Crippen LogP contribution is -2.22. The number of esters is 1. The van der Waals surface area contributed by atoms with Crippen LogP contribution in [0.25, 0.3) is 0 Å². The van der Waals surface area contributed by atoms with E-state index < -0.39 is 5.92 Å². The van der Waals surface area contributed by atoms with Gasteiger partial charge in [-0.2, -0.15) is 0 Å². The first-order chi connectivity index (χ1) is 9.26. The summed E-state index contributed by atoms with van der Waals surface area (Å²) in [6, 6.07) is 0. The van der Waals surface area contributed by atoms with Gasteiger partial charge in [0.15, 0.2) is 0 Å². The molecule has 2 nitrogen and oxygen atoms in total. The number of ether oxygens (including phenoxy) is 1. The quantitative estimate of drug-likeness (QED) is 0.400. The number of alkyl halides is 2. The van der Waals surface area contributed by atoms with Gasteiger partial charge in [0.05, 0.1) is 6.61 Å². The molecule has 0 saturated carbocycles. The van der Waals surface area contributed by atoms with E-state index in [1.807, 2.05) is 20.8 Å². The molecule has 0 aromatic heterocycles. The predicted molar refractivity (Wildman–Crippen MR) is 81.4 cm³/mol. The van der Waals surface area contributed by atoms with Gasteiger partial charge in [-0.05, 0) is 37.9 Å². The second kappa shape index (κ2) is 10.4. The monoisotopic (exact) mass is 310 g/mol. The molecule has 0 heterocycles. The Morgan fingerprint density at radius 1 is 1.30 bits per heavy atom. The van der Waals surface area contributed by atoms with Crippen molar-refractivity contribution < 1.29 is 18.3 Å². The largest absolute Gasteiger partial charge is 0.465 e. The summed E-state index contributed by atoms with van der Waals surface area (Å²) in [4.78, 5) is 11.9. The zero-order chi connectivity index (χ0) is 15.6. The molecule has 1 atom stereocenters. The van der Waals surface area contributed by atoms with E-state index in [1.54, 1.807) is 0 Å². The minimum Gasteiger partial charge on any atom is -0.465 e. The second-order valence-electron chi connectivity index (χ2n) is 5.70. The third kappa shape index (κ3) is 11.5. The Morgan fingerprint density at radius 2 is 1.95 bits per heavy atom. The van der Waals surface area contributed by atoms with Crippen LogP contribution >= 0.6 is 11.8 Å². The maximum atomic E-state index is 12.7. The summed E-state index contributed by atoms with van der Waals surface area (Å²) >= 11 is 1.54. The van der Waals surface area contributed by atoms with Crippen LogP contribution in [0, 0.1) is 5.92 Å². The Morgan fingerprint density at radius 3 is 2.45 bits per heavy atom. The van der Waals surface area contributed by atoms with Crippen LogP contribution in [0.15, 0.2) is 0 Å². The van der Waals surface area contributed by atoms with Gasteiger partial charge in [0.2, 0.25) is 5.92 Å². The summed E-state index contributed by atoms with van der Waals surface area (Å²) in [6.45, 7) is 7.42. The highest BCUT2D eigenvalue weighted by atomic mass is 32.2.